The van der Waals surface area contributed by atoms with Gasteiger partial charge in [-0.05, 0) is 31.0 Å². The molecule has 0 bridgehead atoms. The first kappa shape index (κ1) is 23.4. The number of carbonyl (C=O) groups is 1. The van der Waals surface area contributed by atoms with E-state index in [-0.39, 0.29) is 23.3 Å². The van der Waals surface area contributed by atoms with E-state index in [9.17, 15) is 4.79 Å². The van der Waals surface area contributed by atoms with Crippen LogP contribution in [0, 0.1) is 11.8 Å². The summed E-state index contributed by atoms with van der Waals surface area (Å²) < 4.78 is 4.19. The van der Waals surface area contributed by atoms with E-state index in [0.717, 1.165) is 32.6 Å². The molecule has 0 aliphatic carbocycles. The van der Waals surface area contributed by atoms with Gasteiger partial charge in [-0.15, -0.1) is 16.4 Å². The van der Waals surface area contributed by atoms with E-state index in [0.29, 0.717) is 11.3 Å². The third-order valence-corrected chi connectivity index (χ3v) is 7.04. The van der Waals surface area contributed by atoms with Gasteiger partial charge in [0, 0.05) is 42.1 Å². The number of pyridine rings is 1. The van der Waals surface area contributed by atoms with E-state index < -0.39 is 0 Å². The van der Waals surface area contributed by atoms with E-state index in [4.69, 9.17) is 10.7 Å². The lowest BCUT2D eigenvalue weighted by atomic mass is 9.99. The molecule has 0 radical (unpaired) electrons. The van der Waals surface area contributed by atoms with Gasteiger partial charge < -0.3 is 11.1 Å². The number of nitrogens with zero attached hydrogens (tertiary/aromatic N) is 6. The Morgan fingerprint density at radius 3 is 2.74 bits per heavy atom. The van der Waals surface area contributed by atoms with Crippen molar-refractivity contribution in [2.45, 2.75) is 13.0 Å². The van der Waals surface area contributed by atoms with Crippen molar-refractivity contribution in [1.82, 2.24) is 34.7 Å². The van der Waals surface area contributed by atoms with Crippen molar-refractivity contribution in [2.24, 2.45) is 7.05 Å². The van der Waals surface area contributed by atoms with E-state index in [1.54, 1.807) is 34.5 Å². The van der Waals surface area contributed by atoms with Gasteiger partial charge >= 0.3 is 0 Å². The van der Waals surface area contributed by atoms with Crippen molar-refractivity contribution < 1.29 is 4.79 Å². The van der Waals surface area contributed by atoms with Crippen LogP contribution in [0.15, 0.2) is 72.5 Å². The minimum Gasteiger partial charge on any atom is -0.381 e. The Kier molecular flexibility index (Phi) is 5.82. The molecule has 38 heavy (non-hydrogen) atoms. The summed E-state index contributed by atoms with van der Waals surface area (Å²) in [4.78, 5) is 22.7. The van der Waals surface area contributed by atoms with Gasteiger partial charge in [-0.1, -0.05) is 36.3 Å². The average Bonchev–Trinajstić information content (AvgIpc) is 3.62. The summed E-state index contributed by atoms with van der Waals surface area (Å²) in [5.41, 5.74) is 11.7. The Bertz CT molecular complexity index is 1870. The topological polar surface area (TPSA) is 116 Å². The van der Waals surface area contributed by atoms with Crippen LogP contribution in [0.5, 0.6) is 0 Å². The first-order chi connectivity index (χ1) is 18.5. The van der Waals surface area contributed by atoms with Gasteiger partial charge in [-0.3, -0.25) is 9.48 Å². The molecule has 1 aromatic carbocycles. The fraction of sp³-hybridized carbons (Fsp3) is 0.107. The molecule has 5 heterocycles. The highest BCUT2D eigenvalue weighted by molar-refractivity contribution is 7.17. The molecule has 0 saturated carbocycles. The third-order valence-electron chi connectivity index (χ3n) is 6.13. The highest BCUT2D eigenvalue weighted by atomic mass is 32.1. The van der Waals surface area contributed by atoms with Crippen LogP contribution in [0.2, 0.25) is 0 Å². The molecule has 6 rings (SSSR count). The minimum atomic E-state index is -0.377. The zero-order valence-corrected chi connectivity index (χ0v) is 21.4. The Morgan fingerprint density at radius 2 is 1.95 bits per heavy atom. The largest absolute Gasteiger partial charge is 0.381 e. The van der Waals surface area contributed by atoms with Crippen LogP contribution in [-0.4, -0.2) is 35.3 Å². The number of amides is 1. The minimum absolute atomic E-state index is 0.125. The number of carbonyl (C=O) groups excluding carboxylic acids is 1. The Labute approximate surface area is 222 Å². The number of fused-ring (bicyclic) bond motifs is 2. The van der Waals surface area contributed by atoms with Crippen LogP contribution < -0.4 is 11.1 Å². The number of nitrogens with two attached hydrogens (primary N) is 1. The number of nitrogen functional groups attached to an aromatic ring is 1. The molecule has 3 N–H and O–H groups in total. The van der Waals surface area contributed by atoms with Crippen LogP contribution in [0.1, 0.15) is 40.1 Å². The second kappa shape index (κ2) is 9.46. The standard InChI is InChI=1S/C28H22N8OS/c1-17(31-28(37)23-26(29)34-36-13-6-12-30-27(23)36)21-15-22-25(32-24(21)18-7-4-3-5-8-18)19(16-38-22)9-10-20-11-14-35(2)33-20/h3-8,11-17H,1-2H3,(H2,29,34)(H,31,37)/t17-/m0/s1. The second-order valence-electron chi connectivity index (χ2n) is 8.76. The Balaban J connectivity index is 1.40. The molecule has 5 aromatic heterocycles. The number of anilines is 1. The second-order valence-corrected chi connectivity index (χ2v) is 9.67. The molecule has 0 unspecified atom stereocenters. The predicted molar refractivity (Wildman–Crippen MR) is 148 cm³/mol. The van der Waals surface area contributed by atoms with Crippen molar-refractivity contribution in [3.05, 3.63) is 94.9 Å². The number of rotatable bonds is 4. The number of benzene rings is 1. The fourth-order valence-electron chi connectivity index (χ4n) is 4.30. The quantitative estimate of drug-likeness (QED) is 0.338. The first-order valence-electron chi connectivity index (χ1n) is 11.9. The summed E-state index contributed by atoms with van der Waals surface area (Å²) in [6.07, 6.45) is 5.17. The number of hydrogen-bond acceptors (Lipinski definition) is 7. The van der Waals surface area contributed by atoms with Gasteiger partial charge in [0.05, 0.1) is 27.5 Å². The Hall–Kier alpha value is -5.01. The monoisotopic (exact) mass is 518 g/mol. The normalized spacial score (nSPS) is 11.8. The zero-order chi connectivity index (χ0) is 26.2. The predicted octanol–water partition coefficient (Wildman–Crippen LogP) is 4.21. The SMILES string of the molecule is C[C@H](NC(=O)c1c(N)nn2cccnc12)c1cc2scc(C#Cc3ccn(C)n3)c2nc1-c1ccccc1. The van der Waals surface area contributed by atoms with E-state index >= 15 is 0 Å². The maximum Gasteiger partial charge on any atom is 0.259 e. The van der Waals surface area contributed by atoms with Crippen LogP contribution in [0.25, 0.3) is 27.1 Å². The number of aromatic nitrogens is 6. The van der Waals surface area contributed by atoms with Crippen LogP contribution in [0.3, 0.4) is 0 Å². The van der Waals surface area contributed by atoms with Crippen molar-refractivity contribution in [2.75, 3.05) is 5.73 Å². The molecule has 0 aliphatic rings. The lowest BCUT2D eigenvalue weighted by molar-refractivity contribution is 0.0942. The number of thiophene rings is 1. The van der Waals surface area contributed by atoms with E-state index in [1.165, 1.54) is 4.52 Å². The summed E-state index contributed by atoms with van der Waals surface area (Å²) >= 11 is 1.56. The van der Waals surface area contributed by atoms with Gasteiger partial charge in [-0.25, -0.2) is 14.5 Å². The van der Waals surface area contributed by atoms with Crippen molar-refractivity contribution in [3.63, 3.8) is 0 Å². The fourth-order valence-corrected chi connectivity index (χ4v) is 5.18. The lowest BCUT2D eigenvalue weighted by Crippen LogP contribution is -2.28. The van der Waals surface area contributed by atoms with Gasteiger partial charge in [0.1, 0.15) is 11.3 Å². The molecule has 10 heteroatoms. The molecule has 0 aliphatic heterocycles. The number of nitrogens with one attached hydrogen (secondary N) is 1. The van der Waals surface area contributed by atoms with Crippen LogP contribution in [-0.2, 0) is 7.05 Å². The van der Waals surface area contributed by atoms with Crippen LogP contribution >= 0.6 is 11.3 Å². The highest BCUT2D eigenvalue weighted by Gasteiger charge is 2.23. The molecular formula is C28H22N8OS. The molecule has 0 spiro atoms. The van der Waals surface area contributed by atoms with Crippen molar-refractivity contribution in [3.8, 4) is 23.1 Å². The third kappa shape index (κ3) is 4.25. The highest BCUT2D eigenvalue weighted by Crippen LogP contribution is 2.34. The Morgan fingerprint density at radius 1 is 1.11 bits per heavy atom. The molecule has 6 aromatic rings. The van der Waals surface area contributed by atoms with Crippen LogP contribution in [0.4, 0.5) is 5.82 Å². The van der Waals surface area contributed by atoms with E-state index in [2.05, 4.69) is 38.4 Å². The smallest absolute Gasteiger partial charge is 0.259 e. The van der Waals surface area contributed by atoms with Crippen molar-refractivity contribution >= 4 is 38.9 Å². The summed E-state index contributed by atoms with van der Waals surface area (Å²) in [5.74, 6) is 6.11. The number of aryl methyl sites for hydroxylation is 1. The summed E-state index contributed by atoms with van der Waals surface area (Å²) in [7, 11) is 1.86. The van der Waals surface area contributed by atoms with Gasteiger partial charge in [0.25, 0.3) is 5.91 Å². The van der Waals surface area contributed by atoms with Gasteiger partial charge in [0.15, 0.2) is 11.5 Å². The maximum absolute atomic E-state index is 13.3. The van der Waals surface area contributed by atoms with Crippen molar-refractivity contribution in [1.29, 1.82) is 0 Å². The molecule has 9 nitrogen and oxygen atoms in total. The number of hydrogen-bond donors (Lipinski definition) is 2. The average molecular weight is 519 g/mol. The zero-order valence-electron chi connectivity index (χ0n) is 20.6. The summed E-state index contributed by atoms with van der Waals surface area (Å²) in [6.45, 7) is 1.93. The van der Waals surface area contributed by atoms with Gasteiger partial charge in [-0.2, -0.15) is 5.10 Å². The summed E-state index contributed by atoms with van der Waals surface area (Å²) in [5, 5.41) is 13.6. The van der Waals surface area contributed by atoms with Gasteiger partial charge in [0.2, 0.25) is 0 Å². The molecule has 1 amide bonds. The molecule has 186 valence electrons. The lowest BCUT2D eigenvalue weighted by Gasteiger charge is -2.18. The maximum atomic E-state index is 13.3. The summed E-state index contributed by atoms with van der Waals surface area (Å²) in [6, 6.07) is 15.2. The van der Waals surface area contributed by atoms with E-state index in [1.807, 2.05) is 61.9 Å². The first-order valence-corrected chi connectivity index (χ1v) is 12.7. The molecule has 0 fully saturated rings. The molecular weight excluding hydrogens is 496 g/mol. The molecule has 0 saturated heterocycles. The molecule has 1 atom stereocenters.